The third-order valence-corrected chi connectivity index (χ3v) is 6.72. The highest BCUT2D eigenvalue weighted by atomic mass is 32.2. The standard InChI is InChI=1S/C26H27N5O8S/c1-37-23-14-21(24(38-2)13-20(23)30-28-16-4-6-17(7-5-16)39-10-9-32)31-29-19-8-3-15-11-18(40(34,35)36)12-22(33)25(15)26(19)27/h3-8,11-14,19,26,32-33H,9-10,27H2,1-2H3,(H,34,35,36)/b30-28+,31-29+. The zero-order valence-electron chi connectivity index (χ0n) is 21.5. The highest BCUT2D eigenvalue weighted by Gasteiger charge is 2.28. The highest BCUT2D eigenvalue weighted by Crippen LogP contribution is 2.42. The normalized spacial score (nSPS) is 16.8. The summed E-state index contributed by atoms with van der Waals surface area (Å²) in [6.45, 7) is 0.110. The van der Waals surface area contributed by atoms with Gasteiger partial charge in [-0.1, -0.05) is 12.2 Å². The molecule has 3 aromatic carbocycles. The number of methoxy groups -OCH3 is 2. The molecule has 0 saturated heterocycles. The van der Waals surface area contributed by atoms with Gasteiger partial charge < -0.3 is 30.2 Å². The van der Waals surface area contributed by atoms with Crippen LogP contribution >= 0.6 is 0 Å². The maximum atomic E-state index is 11.5. The van der Waals surface area contributed by atoms with Crippen LogP contribution in [0.3, 0.4) is 0 Å². The van der Waals surface area contributed by atoms with Gasteiger partial charge in [0.1, 0.15) is 47.0 Å². The van der Waals surface area contributed by atoms with Crippen LogP contribution in [0, 0.1) is 0 Å². The lowest BCUT2D eigenvalue weighted by Gasteiger charge is -2.24. The van der Waals surface area contributed by atoms with Gasteiger partial charge in [-0.25, -0.2) is 0 Å². The second-order valence-electron chi connectivity index (χ2n) is 8.47. The number of aromatic hydroxyl groups is 1. The van der Waals surface area contributed by atoms with Gasteiger partial charge in [0.05, 0.1) is 37.5 Å². The van der Waals surface area contributed by atoms with Crippen LogP contribution in [-0.2, 0) is 10.1 Å². The van der Waals surface area contributed by atoms with Crippen molar-refractivity contribution in [2.45, 2.75) is 17.0 Å². The number of ether oxygens (including phenoxy) is 3. The van der Waals surface area contributed by atoms with E-state index in [1.807, 2.05) is 0 Å². The first-order valence-electron chi connectivity index (χ1n) is 11.8. The lowest BCUT2D eigenvalue weighted by atomic mass is 9.89. The minimum Gasteiger partial charge on any atom is -0.508 e. The molecule has 0 aliphatic heterocycles. The number of aliphatic hydroxyl groups is 1. The van der Waals surface area contributed by atoms with E-state index in [2.05, 4.69) is 20.5 Å². The Balaban J connectivity index is 1.57. The highest BCUT2D eigenvalue weighted by molar-refractivity contribution is 7.85. The molecule has 0 heterocycles. The van der Waals surface area contributed by atoms with E-state index in [-0.39, 0.29) is 24.5 Å². The summed E-state index contributed by atoms with van der Waals surface area (Å²) in [5.74, 6) is 0.894. The first kappa shape index (κ1) is 28.6. The van der Waals surface area contributed by atoms with Crippen LogP contribution in [-0.4, -0.2) is 56.7 Å². The Labute approximate surface area is 230 Å². The number of hydrogen-bond acceptors (Lipinski definition) is 12. The molecule has 210 valence electrons. The Bertz CT molecular complexity index is 1570. The van der Waals surface area contributed by atoms with Gasteiger partial charge in [-0.3, -0.25) is 4.55 Å². The van der Waals surface area contributed by atoms with Gasteiger partial charge in [-0.05, 0) is 35.9 Å². The largest absolute Gasteiger partial charge is 0.508 e. The topological polar surface area (TPSA) is 198 Å². The third-order valence-electron chi connectivity index (χ3n) is 5.88. The molecular weight excluding hydrogens is 542 g/mol. The van der Waals surface area contributed by atoms with Crippen molar-refractivity contribution in [1.29, 1.82) is 0 Å². The number of nitrogens with two attached hydrogens (primary N) is 1. The molecule has 0 amide bonds. The average Bonchev–Trinajstić information content (AvgIpc) is 2.94. The molecule has 0 saturated carbocycles. The number of nitrogens with zero attached hydrogens (tertiary/aromatic N) is 4. The molecule has 0 fully saturated rings. The van der Waals surface area contributed by atoms with E-state index in [1.54, 1.807) is 48.6 Å². The van der Waals surface area contributed by atoms with Crippen molar-refractivity contribution in [3.63, 3.8) is 0 Å². The summed E-state index contributed by atoms with van der Waals surface area (Å²) in [5.41, 5.74) is 8.18. The molecule has 13 nitrogen and oxygen atoms in total. The first-order chi connectivity index (χ1) is 19.1. The van der Waals surface area contributed by atoms with Crippen LogP contribution in [0.2, 0.25) is 0 Å². The summed E-state index contributed by atoms with van der Waals surface area (Å²) in [4.78, 5) is -0.446. The summed E-state index contributed by atoms with van der Waals surface area (Å²) in [5, 5.41) is 36.3. The summed E-state index contributed by atoms with van der Waals surface area (Å²) in [6.07, 6.45) is 3.15. The zero-order valence-corrected chi connectivity index (χ0v) is 22.3. The predicted molar refractivity (Wildman–Crippen MR) is 145 cm³/mol. The minimum absolute atomic E-state index is 0.0825. The lowest BCUT2D eigenvalue weighted by Crippen LogP contribution is -2.26. The maximum absolute atomic E-state index is 11.5. The Kier molecular flexibility index (Phi) is 8.74. The van der Waals surface area contributed by atoms with Gasteiger partial charge in [-0.2, -0.15) is 23.8 Å². The molecule has 14 heteroatoms. The number of rotatable bonds is 10. The van der Waals surface area contributed by atoms with E-state index in [4.69, 9.17) is 25.1 Å². The van der Waals surface area contributed by atoms with Crippen LogP contribution in [0.4, 0.5) is 17.1 Å². The monoisotopic (exact) mass is 569 g/mol. The molecule has 2 atom stereocenters. The molecule has 0 aromatic heterocycles. The van der Waals surface area contributed by atoms with Gasteiger partial charge >= 0.3 is 0 Å². The number of hydrogen-bond donors (Lipinski definition) is 4. The molecule has 40 heavy (non-hydrogen) atoms. The fraction of sp³-hybridized carbons (Fsp3) is 0.231. The third kappa shape index (κ3) is 6.43. The van der Waals surface area contributed by atoms with E-state index in [9.17, 15) is 18.1 Å². The quantitative estimate of drug-likeness (QED) is 0.199. The number of phenolic OH excluding ortho intramolecular Hbond substituents is 1. The fourth-order valence-electron chi connectivity index (χ4n) is 3.92. The van der Waals surface area contributed by atoms with E-state index >= 15 is 0 Å². The van der Waals surface area contributed by atoms with Gasteiger partial charge in [0.2, 0.25) is 0 Å². The van der Waals surface area contributed by atoms with Gasteiger partial charge in [0.25, 0.3) is 10.1 Å². The van der Waals surface area contributed by atoms with Gasteiger partial charge in [0.15, 0.2) is 0 Å². The molecule has 1 aliphatic rings. The SMILES string of the molecule is COc1cc(/N=N/C2C=Cc3cc(S(=O)(=O)O)cc(O)c3C2N)c(OC)cc1/N=N/c1ccc(OCCO)cc1. The van der Waals surface area contributed by atoms with Crippen molar-refractivity contribution < 1.29 is 37.4 Å². The average molecular weight is 570 g/mol. The number of phenols is 1. The summed E-state index contributed by atoms with van der Waals surface area (Å²) >= 11 is 0. The minimum atomic E-state index is -4.51. The van der Waals surface area contributed by atoms with E-state index < -0.39 is 27.1 Å². The summed E-state index contributed by atoms with van der Waals surface area (Å²) in [7, 11) is -1.58. The number of azo groups is 2. The Morgan fingerprint density at radius 2 is 1.60 bits per heavy atom. The molecule has 1 aliphatic carbocycles. The molecule has 2 unspecified atom stereocenters. The predicted octanol–water partition coefficient (Wildman–Crippen LogP) is 4.62. The lowest BCUT2D eigenvalue weighted by molar-refractivity contribution is 0.201. The molecule has 0 spiro atoms. The molecule has 0 radical (unpaired) electrons. The zero-order chi connectivity index (χ0) is 28.9. The van der Waals surface area contributed by atoms with Crippen molar-refractivity contribution in [3.8, 4) is 23.0 Å². The van der Waals surface area contributed by atoms with Gasteiger partial charge in [0, 0.05) is 23.8 Å². The fourth-order valence-corrected chi connectivity index (χ4v) is 4.46. The maximum Gasteiger partial charge on any atom is 0.294 e. The van der Waals surface area contributed by atoms with Crippen LogP contribution in [0.25, 0.3) is 6.08 Å². The van der Waals surface area contributed by atoms with Crippen molar-refractivity contribution >= 4 is 33.3 Å². The molecule has 4 rings (SSSR count). The Morgan fingerprint density at radius 1 is 0.950 bits per heavy atom. The number of benzene rings is 3. The molecule has 3 aromatic rings. The van der Waals surface area contributed by atoms with E-state index in [0.29, 0.717) is 39.9 Å². The van der Waals surface area contributed by atoms with Crippen molar-refractivity contribution in [1.82, 2.24) is 0 Å². The smallest absolute Gasteiger partial charge is 0.294 e. The van der Waals surface area contributed by atoms with Crippen molar-refractivity contribution in [3.05, 3.63) is 65.7 Å². The molecule has 5 N–H and O–H groups in total. The Hall–Kier alpha value is -4.37. The number of aliphatic hydroxyl groups excluding tert-OH is 1. The summed E-state index contributed by atoms with van der Waals surface area (Å²) < 4.78 is 48.5. The second kappa shape index (κ2) is 12.2. The van der Waals surface area contributed by atoms with Crippen molar-refractivity contribution in [2.24, 2.45) is 26.2 Å². The van der Waals surface area contributed by atoms with Crippen LogP contribution in [0.5, 0.6) is 23.0 Å². The molecule has 0 bridgehead atoms. The number of fused-ring (bicyclic) bond motifs is 1. The van der Waals surface area contributed by atoms with Crippen LogP contribution in [0.1, 0.15) is 17.2 Å². The second-order valence-corrected chi connectivity index (χ2v) is 9.89. The van der Waals surface area contributed by atoms with Crippen molar-refractivity contribution in [2.75, 3.05) is 27.4 Å². The van der Waals surface area contributed by atoms with Crippen LogP contribution in [0.15, 0.2) is 80.0 Å². The van der Waals surface area contributed by atoms with Gasteiger partial charge in [-0.15, -0.1) is 5.11 Å². The molecular formula is C26H27N5O8S. The Morgan fingerprint density at radius 3 is 2.20 bits per heavy atom. The van der Waals surface area contributed by atoms with Crippen LogP contribution < -0.4 is 19.9 Å². The summed E-state index contributed by atoms with van der Waals surface area (Å²) in [6, 6.07) is 10.6. The first-order valence-corrected chi connectivity index (χ1v) is 13.3. The van der Waals surface area contributed by atoms with E-state index in [0.717, 1.165) is 6.07 Å². The van der Waals surface area contributed by atoms with E-state index in [1.165, 1.54) is 20.3 Å².